The third-order valence-electron chi connectivity index (χ3n) is 5.30. The molecule has 138 valence electrons. The number of likely N-dealkylation sites (tertiary alicyclic amines) is 1. The molecule has 2 aromatic heterocycles. The summed E-state index contributed by atoms with van der Waals surface area (Å²) in [6.07, 6.45) is 3.97. The van der Waals surface area contributed by atoms with Crippen molar-refractivity contribution in [3.8, 4) is 11.5 Å². The second kappa shape index (κ2) is 6.70. The van der Waals surface area contributed by atoms with Crippen LogP contribution in [0.1, 0.15) is 30.1 Å². The summed E-state index contributed by atoms with van der Waals surface area (Å²) in [6, 6.07) is 13.8. The van der Waals surface area contributed by atoms with E-state index >= 15 is 0 Å². The van der Waals surface area contributed by atoms with Gasteiger partial charge < -0.3 is 9.47 Å². The van der Waals surface area contributed by atoms with E-state index in [1.807, 2.05) is 24.3 Å². The number of nitrogens with zero attached hydrogens (tertiary/aromatic N) is 3. The summed E-state index contributed by atoms with van der Waals surface area (Å²) in [7, 11) is 0. The molecule has 6 heteroatoms. The molecule has 0 saturated carbocycles. The van der Waals surface area contributed by atoms with Gasteiger partial charge >= 0.3 is 0 Å². The molecule has 3 aromatic rings. The van der Waals surface area contributed by atoms with E-state index in [4.69, 9.17) is 9.47 Å². The molecule has 2 aliphatic rings. The van der Waals surface area contributed by atoms with E-state index in [-0.39, 0.29) is 5.56 Å². The maximum Gasteiger partial charge on any atom is 0.258 e. The molecule has 0 N–H and O–H groups in total. The number of rotatable bonds is 3. The van der Waals surface area contributed by atoms with Crippen molar-refractivity contribution in [1.82, 2.24) is 14.3 Å². The van der Waals surface area contributed by atoms with E-state index in [9.17, 15) is 4.79 Å². The molecule has 6 nitrogen and oxygen atoms in total. The predicted octanol–water partition coefficient (Wildman–Crippen LogP) is 2.80. The van der Waals surface area contributed by atoms with Crippen molar-refractivity contribution in [1.29, 1.82) is 0 Å². The van der Waals surface area contributed by atoms with Crippen LogP contribution in [0.3, 0.4) is 0 Å². The maximum absolute atomic E-state index is 12.4. The Morgan fingerprint density at radius 2 is 1.96 bits per heavy atom. The van der Waals surface area contributed by atoms with Crippen molar-refractivity contribution in [3.63, 3.8) is 0 Å². The van der Waals surface area contributed by atoms with Crippen LogP contribution in [0, 0.1) is 0 Å². The van der Waals surface area contributed by atoms with Gasteiger partial charge in [0.15, 0.2) is 11.5 Å². The normalized spacial score (nSPS) is 19.5. The number of hydrogen-bond acceptors (Lipinski definition) is 5. The fraction of sp³-hybridized carbons (Fsp3) is 0.333. The van der Waals surface area contributed by atoms with Crippen LogP contribution in [0.5, 0.6) is 11.5 Å². The van der Waals surface area contributed by atoms with Crippen LogP contribution in [0.25, 0.3) is 5.65 Å². The van der Waals surface area contributed by atoms with Gasteiger partial charge in [0.1, 0.15) is 18.9 Å². The van der Waals surface area contributed by atoms with Gasteiger partial charge in [0.05, 0.1) is 5.69 Å². The molecule has 5 rings (SSSR count). The summed E-state index contributed by atoms with van der Waals surface area (Å²) < 4.78 is 12.9. The summed E-state index contributed by atoms with van der Waals surface area (Å²) >= 11 is 0. The number of aromatic nitrogens is 2. The highest BCUT2D eigenvalue weighted by molar-refractivity contribution is 5.45. The molecule has 1 aromatic carbocycles. The lowest BCUT2D eigenvalue weighted by atomic mass is 10.0. The minimum Gasteiger partial charge on any atom is -0.486 e. The first kappa shape index (κ1) is 16.3. The molecule has 1 atom stereocenters. The second-order valence-electron chi connectivity index (χ2n) is 7.05. The van der Waals surface area contributed by atoms with Gasteiger partial charge in [0.25, 0.3) is 5.56 Å². The van der Waals surface area contributed by atoms with Crippen molar-refractivity contribution >= 4 is 5.65 Å². The fourth-order valence-electron chi connectivity index (χ4n) is 4.05. The Morgan fingerprint density at radius 1 is 1.07 bits per heavy atom. The molecule has 0 radical (unpaired) electrons. The van der Waals surface area contributed by atoms with Gasteiger partial charge in [-0.05, 0) is 49.2 Å². The Morgan fingerprint density at radius 3 is 2.89 bits per heavy atom. The van der Waals surface area contributed by atoms with Gasteiger partial charge in [-0.3, -0.25) is 14.1 Å². The summed E-state index contributed by atoms with van der Waals surface area (Å²) in [5, 5.41) is 0. The number of benzene rings is 1. The van der Waals surface area contributed by atoms with Crippen LogP contribution >= 0.6 is 0 Å². The molecule has 27 heavy (non-hydrogen) atoms. The van der Waals surface area contributed by atoms with Crippen molar-refractivity contribution in [3.05, 3.63) is 70.3 Å². The summed E-state index contributed by atoms with van der Waals surface area (Å²) in [5.41, 5.74) is 2.70. The molecular weight excluding hydrogens is 342 g/mol. The average molecular weight is 363 g/mol. The Bertz CT molecular complexity index is 1050. The maximum atomic E-state index is 12.4. The van der Waals surface area contributed by atoms with Gasteiger partial charge in [0, 0.05) is 24.8 Å². The SMILES string of the molecule is O=c1cc(CN2CCC[C@@H]2c2ccc3c(c2)OCCO3)nc2ccccn12. The lowest BCUT2D eigenvalue weighted by Gasteiger charge is -2.26. The van der Waals surface area contributed by atoms with Crippen LogP contribution < -0.4 is 15.0 Å². The number of pyridine rings is 1. The minimum atomic E-state index is -0.0364. The fourth-order valence-corrected chi connectivity index (χ4v) is 4.05. The molecule has 2 aliphatic heterocycles. The molecule has 0 unspecified atom stereocenters. The van der Waals surface area contributed by atoms with Gasteiger partial charge in [-0.25, -0.2) is 4.98 Å². The van der Waals surface area contributed by atoms with Gasteiger partial charge in [0.2, 0.25) is 0 Å². The number of fused-ring (bicyclic) bond motifs is 2. The Labute approximate surface area is 157 Å². The van der Waals surface area contributed by atoms with E-state index in [2.05, 4.69) is 22.0 Å². The standard InChI is InChI=1S/C21H21N3O3/c25-21-13-16(22-20-5-1-2-9-24(20)21)14-23-8-3-4-17(23)15-6-7-18-19(12-15)27-11-10-26-18/h1-2,5-7,9,12-13,17H,3-4,8,10-11,14H2/t17-/m1/s1. The summed E-state index contributed by atoms with van der Waals surface area (Å²) in [6.45, 7) is 2.86. The Kier molecular flexibility index (Phi) is 4.05. The molecule has 0 aliphatic carbocycles. The zero-order valence-corrected chi connectivity index (χ0v) is 15.0. The number of hydrogen-bond donors (Lipinski definition) is 0. The van der Waals surface area contributed by atoms with E-state index in [0.29, 0.717) is 31.4 Å². The Hall–Kier alpha value is -2.86. The Balaban J connectivity index is 1.43. The molecular formula is C21H21N3O3. The van der Waals surface area contributed by atoms with E-state index in [0.717, 1.165) is 36.6 Å². The largest absolute Gasteiger partial charge is 0.486 e. The van der Waals surface area contributed by atoms with Gasteiger partial charge in [-0.1, -0.05) is 12.1 Å². The predicted molar refractivity (Wildman–Crippen MR) is 101 cm³/mol. The van der Waals surface area contributed by atoms with E-state index < -0.39 is 0 Å². The van der Waals surface area contributed by atoms with Crippen molar-refractivity contribution in [2.45, 2.75) is 25.4 Å². The van der Waals surface area contributed by atoms with E-state index in [1.165, 1.54) is 5.56 Å². The highest BCUT2D eigenvalue weighted by Gasteiger charge is 2.27. The highest BCUT2D eigenvalue weighted by Crippen LogP contribution is 2.38. The topological polar surface area (TPSA) is 56.1 Å². The average Bonchev–Trinajstić information content (AvgIpc) is 3.16. The monoisotopic (exact) mass is 363 g/mol. The lowest BCUT2D eigenvalue weighted by Crippen LogP contribution is -2.25. The molecule has 4 heterocycles. The number of ether oxygens (including phenoxy) is 2. The van der Waals surface area contributed by atoms with Crippen molar-refractivity contribution in [2.75, 3.05) is 19.8 Å². The third kappa shape index (κ3) is 3.06. The van der Waals surface area contributed by atoms with E-state index in [1.54, 1.807) is 16.7 Å². The smallest absolute Gasteiger partial charge is 0.258 e. The first-order chi connectivity index (χ1) is 13.3. The van der Waals surface area contributed by atoms with Crippen LogP contribution in [-0.4, -0.2) is 34.0 Å². The van der Waals surface area contributed by atoms with Gasteiger partial charge in [-0.2, -0.15) is 0 Å². The van der Waals surface area contributed by atoms with Gasteiger partial charge in [-0.15, -0.1) is 0 Å². The van der Waals surface area contributed by atoms with Crippen LogP contribution in [0.2, 0.25) is 0 Å². The van der Waals surface area contributed by atoms with Crippen LogP contribution in [0.4, 0.5) is 0 Å². The lowest BCUT2D eigenvalue weighted by molar-refractivity contribution is 0.170. The third-order valence-corrected chi connectivity index (χ3v) is 5.30. The zero-order chi connectivity index (χ0) is 18.2. The minimum absolute atomic E-state index is 0.0364. The highest BCUT2D eigenvalue weighted by atomic mass is 16.6. The molecule has 1 saturated heterocycles. The molecule has 0 spiro atoms. The summed E-state index contributed by atoms with van der Waals surface area (Å²) in [4.78, 5) is 19.4. The molecule has 0 bridgehead atoms. The van der Waals surface area contributed by atoms with Crippen LogP contribution in [0.15, 0.2) is 53.5 Å². The molecule has 0 amide bonds. The first-order valence-corrected chi connectivity index (χ1v) is 9.39. The summed E-state index contributed by atoms with van der Waals surface area (Å²) in [5.74, 6) is 1.64. The first-order valence-electron chi connectivity index (χ1n) is 9.39. The second-order valence-corrected chi connectivity index (χ2v) is 7.05. The van der Waals surface area contributed by atoms with Crippen molar-refractivity contribution < 1.29 is 9.47 Å². The van der Waals surface area contributed by atoms with Crippen LogP contribution in [-0.2, 0) is 6.54 Å². The molecule has 1 fully saturated rings. The van der Waals surface area contributed by atoms with Crippen molar-refractivity contribution in [2.24, 2.45) is 0 Å². The zero-order valence-electron chi connectivity index (χ0n) is 15.0. The quantitative estimate of drug-likeness (QED) is 0.716.